The van der Waals surface area contributed by atoms with Gasteiger partial charge in [0.15, 0.2) is 5.82 Å². The van der Waals surface area contributed by atoms with Gasteiger partial charge in [-0.25, -0.2) is 4.79 Å². The molecular weight excluding hydrogens is 348 g/mol. The van der Waals surface area contributed by atoms with Crippen molar-refractivity contribution in [2.75, 3.05) is 31.1 Å². The number of hydrogen-bond donors (Lipinski definition) is 1. The molecule has 142 valence electrons. The van der Waals surface area contributed by atoms with Crippen LogP contribution in [0, 0.1) is 0 Å². The Balaban J connectivity index is 1.28. The lowest BCUT2D eigenvalue weighted by Gasteiger charge is -2.35. The summed E-state index contributed by atoms with van der Waals surface area (Å²) < 4.78 is 1.34. The van der Waals surface area contributed by atoms with Crippen LogP contribution < -0.4 is 16.1 Å². The van der Waals surface area contributed by atoms with E-state index in [0.29, 0.717) is 32.1 Å². The van der Waals surface area contributed by atoms with E-state index >= 15 is 0 Å². The first-order chi connectivity index (χ1) is 13.1. The first-order valence-electron chi connectivity index (χ1n) is 9.26. The van der Waals surface area contributed by atoms with Gasteiger partial charge >= 0.3 is 5.69 Å². The highest BCUT2D eigenvalue weighted by molar-refractivity contribution is 5.76. The number of aromatic amines is 1. The zero-order chi connectivity index (χ0) is 18.8. The van der Waals surface area contributed by atoms with Crippen LogP contribution in [0.4, 0.5) is 5.82 Å². The number of rotatable bonds is 5. The third-order valence-electron chi connectivity index (χ3n) is 5.09. The fourth-order valence-electron chi connectivity index (χ4n) is 3.28. The number of carbonyl (C=O) groups is 1. The SMILES string of the molecule is O=C(CCn1ccc(=O)[nH]c1=O)N1CCN(c2ccc(C3CC3)nn2)CC1. The summed E-state index contributed by atoms with van der Waals surface area (Å²) in [5.74, 6) is 1.45. The van der Waals surface area contributed by atoms with Gasteiger partial charge in [0.2, 0.25) is 5.91 Å². The summed E-state index contributed by atoms with van der Waals surface area (Å²) in [4.78, 5) is 41.3. The average molecular weight is 370 g/mol. The van der Waals surface area contributed by atoms with E-state index in [2.05, 4.69) is 26.1 Å². The summed E-state index contributed by atoms with van der Waals surface area (Å²) in [5.41, 5.74) is 0.144. The molecule has 1 amide bonds. The molecule has 2 fully saturated rings. The Morgan fingerprint density at radius 3 is 2.48 bits per heavy atom. The Labute approximate surface area is 155 Å². The fraction of sp³-hybridized carbons (Fsp3) is 0.500. The van der Waals surface area contributed by atoms with E-state index in [0.717, 1.165) is 11.5 Å². The maximum Gasteiger partial charge on any atom is 0.328 e. The molecule has 0 atom stereocenters. The van der Waals surface area contributed by atoms with Gasteiger partial charge in [-0.1, -0.05) is 0 Å². The molecule has 1 aliphatic heterocycles. The minimum Gasteiger partial charge on any atom is -0.352 e. The van der Waals surface area contributed by atoms with Crippen LogP contribution in [0.3, 0.4) is 0 Å². The van der Waals surface area contributed by atoms with Crippen LogP contribution in [0.5, 0.6) is 0 Å². The third-order valence-corrected chi connectivity index (χ3v) is 5.09. The van der Waals surface area contributed by atoms with Crippen molar-refractivity contribution in [2.45, 2.75) is 31.7 Å². The zero-order valence-electron chi connectivity index (χ0n) is 15.0. The first-order valence-corrected chi connectivity index (χ1v) is 9.26. The zero-order valence-corrected chi connectivity index (χ0v) is 15.0. The first kappa shape index (κ1) is 17.4. The van der Waals surface area contributed by atoms with Crippen LogP contribution in [0.1, 0.15) is 30.9 Å². The molecule has 9 heteroatoms. The van der Waals surface area contributed by atoms with Crippen molar-refractivity contribution in [3.05, 3.63) is 50.9 Å². The van der Waals surface area contributed by atoms with E-state index in [4.69, 9.17) is 0 Å². The van der Waals surface area contributed by atoms with Gasteiger partial charge in [-0.05, 0) is 25.0 Å². The van der Waals surface area contributed by atoms with Crippen LogP contribution in [-0.2, 0) is 11.3 Å². The number of carbonyl (C=O) groups excluding carboxylic acids is 1. The Morgan fingerprint density at radius 2 is 1.85 bits per heavy atom. The van der Waals surface area contributed by atoms with Gasteiger partial charge in [0.1, 0.15) is 0 Å². The highest BCUT2D eigenvalue weighted by atomic mass is 16.2. The van der Waals surface area contributed by atoms with E-state index in [1.54, 1.807) is 4.90 Å². The molecule has 2 aliphatic rings. The number of nitrogens with zero attached hydrogens (tertiary/aromatic N) is 5. The maximum atomic E-state index is 12.4. The summed E-state index contributed by atoms with van der Waals surface area (Å²) >= 11 is 0. The molecule has 0 spiro atoms. The van der Waals surface area contributed by atoms with Gasteiger partial charge in [0.25, 0.3) is 5.56 Å². The highest BCUT2D eigenvalue weighted by Crippen LogP contribution is 2.38. The van der Waals surface area contributed by atoms with E-state index < -0.39 is 11.2 Å². The minimum absolute atomic E-state index is 0.00270. The van der Waals surface area contributed by atoms with Gasteiger partial charge in [-0.15, -0.1) is 5.10 Å². The second-order valence-corrected chi connectivity index (χ2v) is 7.01. The monoisotopic (exact) mass is 370 g/mol. The fourth-order valence-corrected chi connectivity index (χ4v) is 3.28. The van der Waals surface area contributed by atoms with Crippen LogP contribution >= 0.6 is 0 Å². The molecule has 0 bridgehead atoms. The molecule has 0 aromatic carbocycles. The molecular formula is C18H22N6O3. The topological polar surface area (TPSA) is 104 Å². The molecule has 9 nitrogen and oxygen atoms in total. The normalized spacial score (nSPS) is 17.2. The van der Waals surface area contributed by atoms with Crippen molar-refractivity contribution in [1.82, 2.24) is 24.6 Å². The second-order valence-electron chi connectivity index (χ2n) is 7.01. The number of hydrogen-bond acceptors (Lipinski definition) is 6. The van der Waals surface area contributed by atoms with Crippen molar-refractivity contribution in [3.8, 4) is 0 Å². The lowest BCUT2D eigenvalue weighted by molar-refractivity contribution is -0.131. The second kappa shape index (κ2) is 7.34. The third kappa shape index (κ3) is 4.07. The molecule has 1 aliphatic carbocycles. The number of aryl methyl sites for hydroxylation is 1. The summed E-state index contributed by atoms with van der Waals surface area (Å²) in [7, 11) is 0. The lowest BCUT2D eigenvalue weighted by Crippen LogP contribution is -2.49. The van der Waals surface area contributed by atoms with Crippen molar-refractivity contribution >= 4 is 11.7 Å². The molecule has 3 heterocycles. The highest BCUT2D eigenvalue weighted by Gasteiger charge is 2.26. The molecule has 0 radical (unpaired) electrons. The van der Waals surface area contributed by atoms with Crippen molar-refractivity contribution < 1.29 is 4.79 Å². The van der Waals surface area contributed by atoms with Gasteiger partial charge < -0.3 is 14.4 Å². The minimum atomic E-state index is -0.492. The average Bonchev–Trinajstić information content (AvgIpc) is 3.53. The van der Waals surface area contributed by atoms with Crippen molar-refractivity contribution in [1.29, 1.82) is 0 Å². The Hall–Kier alpha value is -2.97. The molecule has 27 heavy (non-hydrogen) atoms. The van der Waals surface area contributed by atoms with Gasteiger partial charge in [-0.3, -0.25) is 14.6 Å². The molecule has 4 rings (SSSR count). The predicted octanol–water partition coefficient (Wildman–Crippen LogP) is -0.0571. The number of nitrogens with one attached hydrogen (secondary N) is 1. The number of anilines is 1. The smallest absolute Gasteiger partial charge is 0.328 e. The number of piperazine rings is 1. The van der Waals surface area contributed by atoms with Crippen LogP contribution in [0.25, 0.3) is 0 Å². The van der Waals surface area contributed by atoms with E-state index in [9.17, 15) is 14.4 Å². The summed E-state index contributed by atoms with van der Waals surface area (Å²) in [6.45, 7) is 2.91. The number of amides is 1. The lowest BCUT2D eigenvalue weighted by atomic mass is 10.2. The predicted molar refractivity (Wildman–Crippen MR) is 98.7 cm³/mol. The largest absolute Gasteiger partial charge is 0.352 e. The van der Waals surface area contributed by atoms with E-state index in [-0.39, 0.29) is 18.9 Å². The Morgan fingerprint density at radius 1 is 1.07 bits per heavy atom. The Bertz CT molecular complexity index is 923. The quantitative estimate of drug-likeness (QED) is 0.791. The Kier molecular flexibility index (Phi) is 4.74. The van der Waals surface area contributed by atoms with Gasteiger partial charge in [0, 0.05) is 57.3 Å². The van der Waals surface area contributed by atoms with Crippen LogP contribution in [0.2, 0.25) is 0 Å². The number of aromatic nitrogens is 4. The summed E-state index contributed by atoms with van der Waals surface area (Å²) in [5, 5.41) is 8.65. The molecule has 1 N–H and O–H groups in total. The van der Waals surface area contributed by atoms with Crippen molar-refractivity contribution in [2.24, 2.45) is 0 Å². The maximum absolute atomic E-state index is 12.4. The molecule has 2 aromatic heterocycles. The van der Waals surface area contributed by atoms with Gasteiger partial charge in [0.05, 0.1) is 5.69 Å². The summed E-state index contributed by atoms with van der Waals surface area (Å²) in [6, 6.07) is 5.35. The molecule has 1 saturated carbocycles. The standard InChI is InChI=1S/C18H22N6O3/c25-16-5-7-24(18(27)19-16)8-6-17(26)23-11-9-22(10-12-23)15-4-3-14(20-21-15)13-1-2-13/h3-5,7,13H,1-2,6,8-12H2,(H,19,25,27). The summed E-state index contributed by atoms with van der Waals surface area (Å²) in [6.07, 6.45) is 4.05. The van der Waals surface area contributed by atoms with Gasteiger partial charge in [-0.2, -0.15) is 5.10 Å². The molecule has 0 unspecified atom stereocenters. The van der Waals surface area contributed by atoms with Crippen LogP contribution in [0.15, 0.2) is 34.0 Å². The van der Waals surface area contributed by atoms with E-state index in [1.165, 1.54) is 29.7 Å². The number of H-pyrrole nitrogens is 1. The molecule has 2 aromatic rings. The van der Waals surface area contributed by atoms with E-state index in [1.807, 2.05) is 6.07 Å². The van der Waals surface area contributed by atoms with Crippen molar-refractivity contribution in [3.63, 3.8) is 0 Å². The molecule has 1 saturated heterocycles. The van der Waals surface area contributed by atoms with Crippen LogP contribution in [-0.4, -0.2) is 56.7 Å².